The van der Waals surface area contributed by atoms with Crippen molar-refractivity contribution in [3.8, 4) is 17.2 Å². The molecule has 0 unspecified atom stereocenters. The maximum absolute atomic E-state index is 11.2. The Bertz CT molecular complexity index is 733. The Labute approximate surface area is 143 Å². The van der Waals surface area contributed by atoms with Gasteiger partial charge in [-0.15, -0.1) is 10.2 Å². The molecule has 2 atom stereocenters. The number of aromatic nitrogens is 2. The Balaban J connectivity index is 1.86. The number of rotatable bonds is 5. The van der Waals surface area contributed by atoms with Gasteiger partial charge in [0.1, 0.15) is 11.9 Å². The van der Waals surface area contributed by atoms with Crippen LogP contribution in [-0.2, 0) is 9.53 Å². The quantitative estimate of drug-likeness (QED) is 0.881. The molecule has 1 N–H and O–H groups in total. The first kappa shape index (κ1) is 16.7. The number of carboxylic acid groups (broad SMARTS) is 1. The lowest BCUT2D eigenvalue weighted by molar-refractivity contribution is -0.147. The van der Waals surface area contributed by atoms with Crippen molar-refractivity contribution in [1.29, 1.82) is 0 Å². The average molecular weight is 353 g/mol. The Morgan fingerprint density at radius 3 is 3.04 bits per heavy atom. The van der Waals surface area contributed by atoms with E-state index in [1.165, 1.54) is 0 Å². The number of hydrogen-bond acceptors (Lipinski definition) is 6. The van der Waals surface area contributed by atoms with Gasteiger partial charge in [0, 0.05) is 11.6 Å². The first-order valence-electron chi connectivity index (χ1n) is 7.69. The zero-order valence-electron chi connectivity index (χ0n) is 13.1. The van der Waals surface area contributed by atoms with Gasteiger partial charge in [-0.1, -0.05) is 11.6 Å². The number of aliphatic carboxylic acids is 1. The first-order valence-corrected chi connectivity index (χ1v) is 8.06. The number of carboxylic acids is 1. The van der Waals surface area contributed by atoms with Crippen LogP contribution in [0.1, 0.15) is 31.8 Å². The summed E-state index contributed by atoms with van der Waals surface area (Å²) < 4.78 is 16.8. The highest BCUT2D eigenvalue weighted by Gasteiger charge is 2.32. The maximum Gasteiger partial charge on any atom is 0.306 e. The molecule has 128 valence electrons. The van der Waals surface area contributed by atoms with E-state index < -0.39 is 18.0 Å². The number of hydrogen-bond donors (Lipinski definition) is 1. The molecule has 1 aromatic heterocycles. The van der Waals surface area contributed by atoms with Crippen molar-refractivity contribution in [3.63, 3.8) is 0 Å². The SMILES string of the molecule is CCOc1ccc(Cl)cc1-c1nnc([C@@H]2C[C@H](C(=O)O)CCO2)o1. The minimum atomic E-state index is -0.837. The van der Waals surface area contributed by atoms with Crippen LogP contribution in [0.25, 0.3) is 11.5 Å². The number of benzene rings is 1. The van der Waals surface area contributed by atoms with Gasteiger partial charge >= 0.3 is 5.97 Å². The van der Waals surface area contributed by atoms with Gasteiger partial charge in [-0.05, 0) is 38.0 Å². The molecular formula is C16H17ClN2O5. The molecule has 0 radical (unpaired) electrons. The molecule has 0 bridgehead atoms. The molecule has 2 aromatic rings. The molecule has 1 aromatic carbocycles. The van der Waals surface area contributed by atoms with Crippen molar-refractivity contribution in [3.05, 3.63) is 29.1 Å². The summed E-state index contributed by atoms with van der Waals surface area (Å²) in [6.45, 7) is 2.71. The molecule has 2 heterocycles. The van der Waals surface area contributed by atoms with E-state index in [1.54, 1.807) is 18.2 Å². The summed E-state index contributed by atoms with van der Waals surface area (Å²) in [5.41, 5.74) is 0.591. The van der Waals surface area contributed by atoms with Crippen molar-refractivity contribution in [1.82, 2.24) is 10.2 Å². The van der Waals surface area contributed by atoms with Crippen LogP contribution in [0.3, 0.4) is 0 Å². The van der Waals surface area contributed by atoms with Gasteiger partial charge < -0.3 is 19.0 Å². The maximum atomic E-state index is 11.2. The second-order valence-electron chi connectivity index (χ2n) is 5.44. The van der Waals surface area contributed by atoms with Crippen LogP contribution in [0.4, 0.5) is 0 Å². The van der Waals surface area contributed by atoms with Gasteiger partial charge in [-0.25, -0.2) is 0 Å². The van der Waals surface area contributed by atoms with Gasteiger partial charge in [0.25, 0.3) is 5.89 Å². The Kier molecular flexibility index (Phi) is 5.01. The number of carbonyl (C=O) groups is 1. The van der Waals surface area contributed by atoms with E-state index in [1.807, 2.05) is 6.92 Å². The summed E-state index contributed by atoms with van der Waals surface area (Å²) in [6.07, 6.45) is 0.274. The molecule has 3 rings (SSSR count). The van der Waals surface area contributed by atoms with E-state index >= 15 is 0 Å². The second kappa shape index (κ2) is 7.19. The zero-order valence-corrected chi connectivity index (χ0v) is 13.8. The van der Waals surface area contributed by atoms with Crippen LogP contribution in [0.15, 0.2) is 22.6 Å². The molecule has 24 heavy (non-hydrogen) atoms. The third-order valence-electron chi connectivity index (χ3n) is 3.82. The molecule has 1 fully saturated rings. The number of nitrogens with zero attached hydrogens (tertiary/aromatic N) is 2. The topological polar surface area (TPSA) is 94.7 Å². The van der Waals surface area contributed by atoms with Crippen LogP contribution < -0.4 is 4.74 Å². The molecular weight excluding hydrogens is 336 g/mol. The van der Waals surface area contributed by atoms with Crippen LogP contribution >= 0.6 is 11.6 Å². The molecule has 0 aliphatic carbocycles. The number of ether oxygens (including phenoxy) is 2. The van der Waals surface area contributed by atoms with Gasteiger partial charge in [-0.2, -0.15) is 0 Å². The summed E-state index contributed by atoms with van der Waals surface area (Å²) in [5.74, 6) is -0.193. The van der Waals surface area contributed by atoms with Crippen LogP contribution in [0.5, 0.6) is 5.75 Å². The van der Waals surface area contributed by atoms with Crippen LogP contribution in [0.2, 0.25) is 5.02 Å². The smallest absolute Gasteiger partial charge is 0.306 e. The van der Waals surface area contributed by atoms with Gasteiger partial charge in [0.05, 0.1) is 18.1 Å². The van der Waals surface area contributed by atoms with Crippen molar-refractivity contribution in [2.24, 2.45) is 5.92 Å². The zero-order chi connectivity index (χ0) is 17.1. The lowest BCUT2D eigenvalue weighted by Gasteiger charge is -2.24. The highest BCUT2D eigenvalue weighted by molar-refractivity contribution is 6.30. The monoisotopic (exact) mass is 352 g/mol. The van der Waals surface area contributed by atoms with E-state index in [2.05, 4.69) is 10.2 Å². The summed E-state index contributed by atoms with van der Waals surface area (Å²) in [5, 5.41) is 17.7. The van der Waals surface area contributed by atoms with Crippen molar-refractivity contribution >= 4 is 17.6 Å². The van der Waals surface area contributed by atoms with E-state index in [-0.39, 0.29) is 11.8 Å². The largest absolute Gasteiger partial charge is 0.493 e. The fraction of sp³-hybridized carbons (Fsp3) is 0.438. The van der Waals surface area contributed by atoms with Gasteiger partial charge in [-0.3, -0.25) is 4.79 Å². The van der Waals surface area contributed by atoms with E-state index in [0.29, 0.717) is 42.4 Å². The van der Waals surface area contributed by atoms with Crippen LogP contribution in [0, 0.1) is 5.92 Å². The highest BCUT2D eigenvalue weighted by atomic mass is 35.5. The van der Waals surface area contributed by atoms with Gasteiger partial charge in [0.2, 0.25) is 5.89 Å². The lowest BCUT2D eigenvalue weighted by Crippen LogP contribution is -2.25. The molecule has 7 nitrogen and oxygen atoms in total. The summed E-state index contributed by atoms with van der Waals surface area (Å²) in [7, 11) is 0. The standard InChI is InChI=1S/C16H17ClN2O5/c1-2-22-12-4-3-10(17)8-11(12)14-18-19-15(24-14)13-7-9(16(20)21)5-6-23-13/h3-4,8-9,13H,2,5-7H2,1H3,(H,20,21)/t9-,13+/m1/s1. The Morgan fingerprint density at radius 1 is 1.46 bits per heavy atom. The molecule has 1 saturated heterocycles. The molecule has 0 amide bonds. The molecule has 0 spiro atoms. The molecule has 1 aliphatic heterocycles. The lowest BCUT2D eigenvalue weighted by atomic mass is 9.96. The molecule has 8 heteroatoms. The minimum Gasteiger partial charge on any atom is -0.493 e. The molecule has 0 saturated carbocycles. The third-order valence-corrected chi connectivity index (χ3v) is 4.06. The van der Waals surface area contributed by atoms with Gasteiger partial charge in [0.15, 0.2) is 0 Å². The van der Waals surface area contributed by atoms with E-state index in [4.69, 9.17) is 30.6 Å². The first-order chi connectivity index (χ1) is 11.6. The predicted octanol–water partition coefficient (Wildman–Crippen LogP) is 3.34. The van der Waals surface area contributed by atoms with E-state index in [0.717, 1.165) is 0 Å². The fourth-order valence-corrected chi connectivity index (χ4v) is 2.79. The summed E-state index contributed by atoms with van der Waals surface area (Å²) in [6, 6.07) is 5.14. The summed E-state index contributed by atoms with van der Waals surface area (Å²) >= 11 is 6.04. The fourth-order valence-electron chi connectivity index (χ4n) is 2.62. The van der Waals surface area contributed by atoms with Crippen molar-refractivity contribution in [2.75, 3.05) is 13.2 Å². The Hall–Kier alpha value is -2.12. The average Bonchev–Trinajstić information content (AvgIpc) is 3.06. The normalized spacial score (nSPS) is 20.8. The Morgan fingerprint density at radius 2 is 2.29 bits per heavy atom. The second-order valence-corrected chi connectivity index (χ2v) is 5.87. The van der Waals surface area contributed by atoms with Crippen LogP contribution in [-0.4, -0.2) is 34.5 Å². The number of halogens is 1. The van der Waals surface area contributed by atoms with Crippen molar-refractivity contribution < 1.29 is 23.8 Å². The van der Waals surface area contributed by atoms with Crippen molar-refractivity contribution in [2.45, 2.75) is 25.9 Å². The van der Waals surface area contributed by atoms with E-state index in [9.17, 15) is 4.79 Å². The highest BCUT2D eigenvalue weighted by Crippen LogP contribution is 2.35. The minimum absolute atomic E-state index is 0.261. The summed E-state index contributed by atoms with van der Waals surface area (Å²) in [4.78, 5) is 11.2. The predicted molar refractivity (Wildman–Crippen MR) is 85.0 cm³/mol. The third kappa shape index (κ3) is 3.52. The molecule has 1 aliphatic rings.